The molecule has 0 amide bonds. The maximum atomic E-state index is 11.2. The van der Waals surface area contributed by atoms with Crippen molar-refractivity contribution in [1.29, 1.82) is 0 Å². The molecule has 1 aromatic rings. The highest BCUT2D eigenvalue weighted by molar-refractivity contribution is 6.74. The van der Waals surface area contributed by atoms with Gasteiger partial charge < -0.3 is 28.5 Å². The van der Waals surface area contributed by atoms with Crippen LogP contribution in [0.1, 0.15) is 54.0 Å². The van der Waals surface area contributed by atoms with E-state index in [-0.39, 0.29) is 5.04 Å². The number of nitrogens with zero attached hydrogens (tertiary/aromatic N) is 1. The van der Waals surface area contributed by atoms with Crippen LogP contribution in [-0.4, -0.2) is 68.1 Å². The van der Waals surface area contributed by atoms with Gasteiger partial charge in [0.2, 0.25) is 6.08 Å². The summed E-state index contributed by atoms with van der Waals surface area (Å²) in [4.78, 5) is 47.0. The second kappa shape index (κ2) is 14.3. The Hall–Kier alpha value is -2.89. The van der Waals surface area contributed by atoms with E-state index in [4.69, 9.17) is 23.4 Å². The van der Waals surface area contributed by atoms with Crippen LogP contribution in [0.5, 0.6) is 0 Å². The summed E-state index contributed by atoms with van der Waals surface area (Å²) in [7, 11) is -1.70. The van der Waals surface area contributed by atoms with Gasteiger partial charge in [0.25, 0.3) is 0 Å². The van der Waals surface area contributed by atoms with Gasteiger partial charge in [-0.2, -0.15) is 4.99 Å². The minimum atomic E-state index is -1.70. The fourth-order valence-electron chi connectivity index (χ4n) is 3.19. The highest BCUT2D eigenvalue weighted by atomic mass is 28.4. The van der Waals surface area contributed by atoms with Gasteiger partial charge in [0.1, 0.15) is 0 Å². The predicted molar refractivity (Wildman–Crippen MR) is 139 cm³/mol. The Balaban J connectivity index is 0.000000382. The molecule has 5 unspecified atom stereocenters. The van der Waals surface area contributed by atoms with Crippen LogP contribution in [0.25, 0.3) is 0 Å². The van der Waals surface area contributed by atoms with E-state index in [1.54, 1.807) is 12.1 Å². The van der Waals surface area contributed by atoms with Gasteiger partial charge in [-0.05, 0) is 42.8 Å². The lowest BCUT2D eigenvalue weighted by atomic mass is 9.99. The summed E-state index contributed by atoms with van der Waals surface area (Å²) in [6, 6.07) is 7.47. The molecule has 0 aromatic heterocycles. The Morgan fingerprint density at radius 3 is 1.87 bits per heavy atom. The predicted octanol–water partition coefficient (Wildman–Crippen LogP) is 3.69. The van der Waals surface area contributed by atoms with Crippen molar-refractivity contribution in [2.75, 3.05) is 0 Å². The SMILES string of the molecule is CC(=O)OC1C(C)OC(O)C(OC(C)=O)C1OC(C)=O.CC(C)(C)[Si](C)(C)OCc1ccc(N=C=O)cc1. The molecule has 0 aliphatic carbocycles. The van der Waals surface area contributed by atoms with E-state index < -0.39 is 56.9 Å². The van der Waals surface area contributed by atoms with Crippen molar-refractivity contribution in [2.24, 2.45) is 4.99 Å². The molecule has 1 saturated heterocycles. The van der Waals surface area contributed by atoms with Crippen LogP contribution in [0.4, 0.5) is 5.69 Å². The van der Waals surface area contributed by atoms with Crippen LogP contribution in [0.15, 0.2) is 29.3 Å². The summed E-state index contributed by atoms with van der Waals surface area (Å²) in [5.41, 5.74) is 1.73. The molecular weight excluding hydrogens is 514 g/mol. The van der Waals surface area contributed by atoms with E-state index in [9.17, 15) is 24.3 Å². The quantitative estimate of drug-likeness (QED) is 0.174. The summed E-state index contributed by atoms with van der Waals surface area (Å²) in [6.45, 7) is 16.8. The molecule has 1 aromatic carbocycles. The first-order valence-electron chi connectivity index (χ1n) is 12.1. The number of hydrogen-bond donors (Lipinski definition) is 1. The van der Waals surface area contributed by atoms with E-state index >= 15 is 0 Å². The molecule has 0 radical (unpaired) electrons. The second-order valence-electron chi connectivity index (χ2n) is 10.4. The third kappa shape index (κ3) is 10.5. The van der Waals surface area contributed by atoms with Crippen molar-refractivity contribution in [1.82, 2.24) is 0 Å². The number of aliphatic hydroxyl groups is 1. The standard InChI is InChI=1S/C14H21NO2Si.C12H18O8/c1-14(2,3)18(4,5)17-10-12-6-8-13(9-7-12)15-11-16;1-5-9(18-6(2)13)10(19-7(3)14)11(12(16)17-5)20-8(4)15/h6-9H,10H2,1-5H3;5,9-12,16H,1-4H3. The molecule has 5 atom stereocenters. The average molecular weight is 554 g/mol. The van der Waals surface area contributed by atoms with Crippen molar-refractivity contribution < 1.29 is 47.7 Å². The first-order valence-corrected chi connectivity index (χ1v) is 15.0. The molecule has 38 heavy (non-hydrogen) atoms. The summed E-state index contributed by atoms with van der Waals surface area (Å²) >= 11 is 0. The fraction of sp³-hybridized carbons (Fsp3) is 0.615. The fourth-order valence-corrected chi connectivity index (χ4v) is 4.15. The largest absolute Gasteiger partial charge is 0.456 e. The summed E-state index contributed by atoms with van der Waals surface area (Å²) in [6.07, 6.45) is -4.07. The highest BCUT2D eigenvalue weighted by Gasteiger charge is 2.49. The minimum Gasteiger partial charge on any atom is -0.456 e. The second-order valence-corrected chi connectivity index (χ2v) is 15.2. The zero-order valence-corrected chi connectivity index (χ0v) is 24.5. The van der Waals surface area contributed by atoms with Crippen LogP contribution < -0.4 is 0 Å². The van der Waals surface area contributed by atoms with Gasteiger partial charge in [-0.25, -0.2) is 4.79 Å². The molecule has 0 bridgehead atoms. The third-order valence-electron chi connectivity index (χ3n) is 6.17. The van der Waals surface area contributed by atoms with Gasteiger partial charge in [0, 0.05) is 20.8 Å². The van der Waals surface area contributed by atoms with Crippen molar-refractivity contribution >= 4 is 38.0 Å². The van der Waals surface area contributed by atoms with E-state index in [1.165, 1.54) is 19.9 Å². The van der Waals surface area contributed by atoms with Gasteiger partial charge in [-0.15, -0.1) is 0 Å². The minimum absolute atomic E-state index is 0.217. The first-order chi connectivity index (χ1) is 17.5. The van der Waals surface area contributed by atoms with E-state index in [2.05, 4.69) is 38.9 Å². The zero-order chi connectivity index (χ0) is 29.3. The normalized spacial score (nSPS) is 23.2. The molecule has 0 spiro atoms. The Kier molecular flexibility index (Phi) is 12.5. The molecular formula is C26H39NO10Si. The molecule has 11 nitrogen and oxygen atoms in total. The summed E-state index contributed by atoms with van der Waals surface area (Å²) in [5, 5.41) is 10.0. The number of carbonyl (C=O) groups excluding carboxylic acids is 4. The number of aliphatic hydroxyl groups excluding tert-OH is 1. The monoisotopic (exact) mass is 553 g/mol. The Bertz CT molecular complexity index is 970. The number of esters is 3. The first kappa shape index (κ1) is 33.1. The van der Waals surface area contributed by atoms with Crippen LogP contribution in [0.3, 0.4) is 0 Å². The van der Waals surface area contributed by atoms with Gasteiger partial charge in [0.15, 0.2) is 32.9 Å². The highest BCUT2D eigenvalue weighted by Crippen LogP contribution is 2.37. The molecule has 2 rings (SSSR count). The van der Waals surface area contributed by atoms with Gasteiger partial charge in [-0.1, -0.05) is 32.9 Å². The van der Waals surface area contributed by atoms with E-state index in [0.29, 0.717) is 12.3 Å². The maximum absolute atomic E-state index is 11.2. The smallest absolute Gasteiger partial charge is 0.303 e. The van der Waals surface area contributed by atoms with Crippen molar-refractivity contribution in [3.63, 3.8) is 0 Å². The lowest BCUT2D eigenvalue weighted by Gasteiger charge is -2.41. The lowest BCUT2D eigenvalue weighted by molar-refractivity contribution is -0.288. The topological polar surface area (TPSA) is 147 Å². The molecule has 1 heterocycles. The number of hydrogen-bond acceptors (Lipinski definition) is 11. The van der Waals surface area contributed by atoms with Crippen LogP contribution in [-0.2, 0) is 49.2 Å². The molecule has 1 aliphatic rings. The number of rotatable bonds is 7. The third-order valence-corrected chi connectivity index (χ3v) is 10.6. The Morgan fingerprint density at radius 2 is 1.42 bits per heavy atom. The molecule has 12 heteroatoms. The lowest BCUT2D eigenvalue weighted by Crippen LogP contribution is -2.60. The van der Waals surface area contributed by atoms with E-state index in [0.717, 1.165) is 19.4 Å². The average Bonchev–Trinajstić information content (AvgIpc) is 2.78. The summed E-state index contributed by atoms with van der Waals surface area (Å²) < 4.78 is 26.2. The Labute approximate surface area is 224 Å². The molecule has 0 saturated carbocycles. The number of carbonyl (C=O) groups is 3. The number of ether oxygens (including phenoxy) is 4. The van der Waals surface area contributed by atoms with Gasteiger partial charge in [0.05, 0.1) is 18.4 Å². The summed E-state index contributed by atoms with van der Waals surface area (Å²) in [5.74, 6) is -1.96. The molecule has 1 N–H and O–H groups in total. The van der Waals surface area contributed by atoms with Gasteiger partial charge in [-0.3, -0.25) is 14.4 Å². The van der Waals surface area contributed by atoms with Crippen LogP contribution in [0, 0.1) is 0 Å². The number of aliphatic imine (C=N–C) groups is 1. The molecule has 1 fully saturated rings. The zero-order valence-electron chi connectivity index (χ0n) is 23.5. The van der Waals surface area contributed by atoms with Crippen LogP contribution >= 0.6 is 0 Å². The number of isocyanates is 1. The molecule has 212 valence electrons. The van der Waals surface area contributed by atoms with Crippen molar-refractivity contribution in [2.45, 2.75) is 104 Å². The van der Waals surface area contributed by atoms with Crippen molar-refractivity contribution in [3.05, 3.63) is 29.8 Å². The van der Waals surface area contributed by atoms with Crippen molar-refractivity contribution in [3.8, 4) is 0 Å². The maximum Gasteiger partial charge on any atom is 0.303 e. The Morgan fingerprint density at radius 1 is 0.947 bits per heavy atom. The number of benzene rings is 1. The van der Waals surface area contributed by atoms with Gasteiger partial charge >= 0.3 is 17.9 Å². The van der Waals surface area contributed by atoms with E-state index in [1.807, 2.05) is 12.1 Å². The van der Waals surface area contributed by atoms with Crippen LogP contribution in [0.2, 0.25) is 18.1 Å². The molecule has 1 aliphatic heterocycles.